The van der Waals surface area contributed by atoms with E-state index in [2.05, 4.69) is 43.3 Å². The van der Waals surface area contributed by atoms with Crippen molar-refractivity contribution >= 4 is 39.4 Å². The highest BCUT2D eigenvalue weighted by atomic mass is 127. The molecular weight excluding hydrogens is 329 g/mol. The Morgan fingerprint density at radius 1 is 1.41 bits per heavy atom. The summed E-state index contributed by atoms with van der Waals surface area (Å²) in [6.07, 6.45) is 5.93. The fourth-order valence-electron chi connectivity index (χ4n) is 2.46. The van der Waals surface area contributed by atoms with Gasteiger partial charge in [-0.3, -0.25) is 0 Å². The van der Waals surface area contributed by atoms with Gasteiger partial charge in [0, 0.05) is 15.8 Å². The minimum absolute atomic E-state index is 0.517. The molecule has 2 aromatic heterocycles. The SMILES string of the molecule is NC[C@H]1C[C@@H](n2cc(I)c3c(N)ncnc32)C1. The second kappa shape index (κ2) is 4.09. The number of fused-ring (bicyclic) bond motifs is 1. The normalized spacial score (nSPS) is 23.9. The average molecular weight is 343 g/mol. The van der Waals surface area contributed by atoms with E-state index in [4.69, 9.17) is 11.5 Å². The molecule has 0 bridgehead atoms. The summed E-state index contributed by atoms with van der Waals surface area (Å²) in [4.78, 5) is 8.40. The van der Waals surface area contributed by atoms with E-state index in [1.165, 1.54) is 6.33 Å². The first-order valence-corrected chi connectivity index (χ1v) is 6.75. The molecule has 4 N–H and O–H groups in total. The summed E-state index contributed by atoms with van der Waals surface area (Å²) in [5, 5.41) is 0.976. The topological polar surface area (TPSA) is 82.8 Å². The molecule has 17 heavy (non-hydrogen) atoms. The van der Waals surface area contributed by atoms with Gasteiger partial charge in [0.1, 0.15) is 17.8 Å². The lowest BCUT2D eigenvalue weighted by Crippen LogP contribution is -2.31. The van der Waals surface area contributed by atoms with Crippen LogP contribution in [-0.2, 0) is 0 Å². The number of halogens is 1. The van der Waals surface area contributed by atoms with Crippen LogP contribution >= 0.6 is 22.6 Å². The molecule has 2 heterocycles. The summed E-state index contributed by atoms with van der Waals surface area (Å²) in [6.45, 7) is 0.782. The van der Waals surface area contributed by atoms with Crippen molar-refractivity contribution in [2.75, 3.05) is 12.3 Å². The fraction of sp³-hybridized carbons (Fsp3) is 0.455. The Morgan fingerprint density at radius 2 is 2.18 bits per heavy atom. The molecule has 0 spiro atoms. The quantitative estimate of drug-likeness (QED) is 0.810. The standard InChI is InChI=1S/C11H14IN5/c12-8-4-17(7-1-6(2-7)3-13)11-9(8)10(14)15-5-16-11/h4-7H,1-3,13H2,(H2,14,15,16)/t6-,7+. The highest BCUT2D eigenvalue weighted by molar-refractivity contribution is 14.1. The number of hydrogen-bond acceptors (Lipinski definition) is 4. The van der Waals surface area contributed by atoms with Crippen molar-refractivity contribution in [1.29, 1.82) is 0 Å². The van der Waals surface area contributed by atoms with E-state index in [0.717, 1.165) is 34.0 Å². The zero-order valence-corrected chi connectivity index (χ0v) is 11.5. The molecule has 0 aliphatic heterocycles. The second-order valence-electron chi connectivity index (χ2n) is 4.57. The van der Waals surface area contributed by atoms with Gasteiger partial charge in [-0.2, -0.15) is 0 Å². The van der Waals surface area contributed by atoms with Crippen LogP contribution in [-0.4, -0.2) is 21.1 Å². The third-order valence-corrected chi connectivity index (χ3v) is 4.35. The molecule has 0 unspecified atom stereocenters. The molecule has 1 saturated carbocycles. The van der Waals surface area contributed by atoms with E-state index in [-0.39, 0.29) is 0 Å². The Hall–Kier alpha value is -0.890. The summed E-state index contributed by atoms with van der Waals surface area (Å²) >= 11 is 2.29. The van der Waals surface area contributed by atoms with Gasteiger partial charge in [0.15, 0.2) is 0 Å². The number of hydrogen-bond donors (Lipinski definition) is 2. The summed E-state index contributed by atoms with van der Waals surface area (Å²) in [5.74, 6) is 1.22. The minimum Gasteiger partial charge on any atom is -0.383 e. The third kappa shape index (κ3) is 1.70. The number of aromatic nitrogens is 3. The second-order valence-corrected chi connectivity index (χ2v) is 5.73. The van der Waals surface area contributed by atoms with E-state index < -0.39 is 0 Å². The van der Waals surface area contributed by atoms with Crippen LogP contribution in [0.15, 0.2) is 12.5 Å². The Labute approximate surface area is 113 Å². The predicted molar refractivity (Wildman–Crippen MR) is 75.5 cm³/mol. The molecular formula is C11H14IN5. The van der Waals surface area contributed by atoms with Crippen LogP contribution in [0, 0.1) is 9.49 Å². The van der Waals surface area contributed by atoms with Gasteiger partial charge in [0.05, 0.1) is 5.39 Å². The summed E-state index contributed by atoms with van der Waals surface area (Å²) in [6, 6.07) is 0.517. The maximum Gasteiger partial charge on any atom is 0.146 e. The van der Waals surface area contributed by atoms with Crippen LogP contribution in [0.4, 0.5) is 5.82 Å². The molecule has 1 aliphatic rings. The Balaban J connectivity index is 2.04. The van der Waals surface area contributed by atoms with Crippen LogP contribution in [0.5, 0.6) is 0 Å². The number of nitrogens with two attached hydrogens (primary N) is 2. The van der Waals surface area contributed by atoms with E-state index in [1.54, 1.807) is 0 Å². The summed E-state index contributed by atoms with van der Waals surface area (Å²) in [7, 11) is 0. The fourth-order valence-corrected chi connectivity index (χ4v) is 3.28. The highest BCUT2D eigenvalue weighted by Crippen LogP contribution is 2.40. The lowest BCUT2D eigenvalue weighted by atomic mass is 9.80. The van der Waals surface area contributed by atoms with E-state index >= 15 is 0 Å². The largest absolute Gasteiger partial charge is 0.383 e. The molecule has 0 amide bonds. The van der Waals surface area contributed by atoms with Gasteiger partial charge in [-0.05, 0) is 47.9 Å². The molecule has 90 valence electrons. The monoisotopic (exact) mass is 343 g/mol. The van der Waals surface area contributed by atoms with Crippen molar-refractivity contribution in [2.24, 2.45) is 11.7 Å². The molecule has 0 aromatic carbocycles. The Bertz CT molecular complexity index is 558. The highest BCUT2D eigenvalue weighted by Gasteiger charge is 2.31. The Morgan fingerprint density at radius 3 is 2.88 bits per heavy atom. The summed E-state index contributed by atoms with van der Waals surface area (Å²) < 4.78 is 3.34. The van der Waals surface area contributed by atoms with Crippen LogP contribution in [0.2, 0.25) is 0 Å². The van der Waals surface area contributed by atoms with Gasteiger partial charge in [0.2, 0.25) is 0 Å². The van der Waals surface area contributed by atoms with Gasteiger partial charge in [-0.15, -0.1) is 0 Å². The van der Waals surface area contributed by atoms with Gasteiger partial charge < -0.3 is 16.0 Å². The molecule has 0 saturated heterocycles. The van der Waals surface area contributed by atoms with Gasteiger partial charge in [-0.25, -0.2) is 9.97 Å². The van der Waals surface area contributed by atoms with Crippen molar-refractivity contribution < 1.29 is 0 Å². The lowest BCUT2D eigenvalue weighted by Gasteiger charge is -2.35. The molecule has 0 atom stereocenters. The molecule has 1 fully saturated rings. The van der Waals surface area contributed by atoms with Gasteiger partial charge in [0.25, 0.3) is 0 Å². The molecule has 0 radical (unpaired) electrons. The first-order valence-electron chi connectivity index (χ1n) is 5.67. The zero-order valence-electron chi connectivity index (χ0n) is 9.31. The van der Waals surface area contributed by atoms with E-state index in [0.29, 0.717) is 17.8 Å². The molecule has 3 rings (SSSR count). The first kappa shape index (κ1) is 11.2. The Kier molecular flexibility index (Phi) is 2.70. The van der Waals surface area contributed by atoms with Crippen LogP contribution in [0.1, 0.15) is 18.9 Å². The first-order chi connectivity index (χ1) is 8.20. The average Bonchev–Trinajstić information content (AvgIpc) is 2.56. The molecule has 1 aliphatic carbocycles. The van der Waals surface area contributed by atoms with Crippen molar-refractivity contribution in [2.45, 2.75) is 18.9 Å². The number of anilines is 1. The molecule has 6 heteroatoms. The molecule has 5 nitrogen and oxygen atoms in total. The van der Waals surface area contributed by atoms with Gasteiger partial charge in [-0.1, -0.05) is 0 Å². The van der Waals surface area contributed by atoms with Crippen LogP contribution < -0.4 is 11.5 Å². The smallest absolute Gasteiger partial charge is 0.146 e. The van der Waals surface area contributed by atoms with Crippen molar-refractivity contribution in [3.05, 3.63) is 16.1 Å². The van der Waals surface area contributed by atoms with Crippen molar-refractivity contribution in [3.63, 3.8) is 0 Å². The number of nitrogens with zero attached hydrogens (tertiary/aromatic N) is 3. The summed E-state index contributed by atoms with van der Waals surface area (Å²) in [5.41, 5.74) is 12.5. The predicted octanol–water partition coefficient (Wildman–Crippen LogP) is 1.53. The lowest BCUT2D eigenvalue weighted by molar-refractivity contribution is 0.208. The maximum absolute atomic E-state index is 5.89. The number of rotatable bonds is 2. The molecule has 2 aromatic rings. The van der Waals surface area contributed by atoms with Crippen molar-refractivity contribution in [1.82, 2.24) is 14.5 Å². The third-order valence-electron chi connectivity index (χ3n) is 3.53. The minimum atomic E-state index is 0.517. The van der Waals surface area contributed by atoms with E-state index in [9.17, 15) is 0 Å². The maximum atomic E-state index is 5.89. The number of nitrogen functional groups attached to an aromatic ring is 1. The van der Waals surface area contributed by atoms with Crippen LogP contribution in [0.3, 0.4) is 0 Å². The van der Waals surface area contributed by atoms with Crippen LogP contribution in [0.25, 0.3) is 11.0 Å². The van der Waals surface area contributed by atoms with Crippen molar-refractivity contribution in [3.8, 4) is 0 Å². The zero-order chi connectivity index (χ0) is 12.0. The van der Waals surface area contributed by atoms with E-state index in [1.807, 2.05) is 0 Å². The van der Waals surface area contributed by atoms with Gasteiger partial charge >= 0.3 is 0 Å².